The summed E-state index contributed by atoms with van der Waals surface area (Å²) in [7, 11) is 0. The summed E-state index contributed by atoms with van der Waals surface area (Å²) >= 11 is -1.68. The van der Waals surface area contributed by atoms with Gasteiger partial charge in [0.25, 0.3) is 0 Å². The number of benzene rings is 2. The van der Waals surface area contributed by atoms with Crippen molar-refractivity contribution in [3.05, 3.63) is 46.5 Å². The van der Waals surface area contributed by atoms with E-state index in [1.807, 2.05) is 0 Å². The van der Waals surface area contributed by atoms with Crippen LogP contribution in [-0.2, 0) is 11.1 Å². The molecular formula is C16H18O4S. The molecule has 2 N–H and O–H groups in total. The number of aryl methyl sites for hydroxylation is 4. The largest absolute Gasteiger partial charge is 0.507 e. The SMILES string of the molecule is Cc1cc(OS(=O)c2cc(C)c(O)c(C)c2)cc(C)c1O. The Labute approximate surface area is 126 Å². The van der Waals surface area contributed by atoms with Gasteiger partial charge in [0, 0.05) is 0 Å². The summed E-state index contributed by atoms with van der Waals surface area (Å²) in [6.45, 7) is 7.01. The Bertz CT molecular complexity index is 676. The van der Waals surface area contributed by atoms with Crippen molar-refractivity contribution >= 4 is 11.1 Å². The number of aromatic hydroxyl groups is 2. The van der Waals surface area contributed by atoms with Crippen LogP contribution < -0.4 is 4.18 Å². The van der Waals surface area contributed by atoms with Crippen molar-refractivity contribution in [2.45, 2.75) is 32.6 Å². The highest BCUT2D eigenvalue weighted by molar-refractivity contribution is 7.80. The monoisotopic (exact) mass is 306 g/mol. The maximum absolute atomic E-state index is 12.3. The van der Waals surface area contributed by atoms with Crippen molar-refractivity contribution in [1.29, 1.82) is 0 Å². The zero-order valence-electron chi connectivity index (χ0n) is 12.4. The molecule has 0 saturated carbocycles. The molecule has 0 spiro atoms. The average Bonchev–Trinajstić information content (AvgIpc) is 2.41. The molecule has 2 aromatic carbocycles. The third kappa shape index (κ3) is 3.19. The fourth-order valence-electron chi connectivity index (χ4n) is 2.11. The minimum absolute atomic E-state index is 0.201. The van der Waals surface area contributed by atoms with Gasteiger partial charge in [-0.15, -0.1) is 0 Å². The van der Waals surface area contributed by atoms with Gasteiger partial charge < -0.3 is 14.4 Å². The summed E-state index contributed by atoms with van der Waals surface area (Å²) in [4.78, 5) is 0.492. The third-order valence-corrected chi connectivity index (χ3v) is 4.26. The van der Waals surface area contributed by atoms with Crippen LogP contribution in [0.2, 0.25) is 0 Å². The second-order valence-electron chi connectivity index (χ2n) is 5.13. The lowest BCUT2D eigenvalue weighted by Crippen LogP contribution is -2.02. The van der Waals surface area contributed by atoms with Gasteiger partial charge in [0.2, 0.25) is 11.1 Å². The van der Waals surface area contributed by atoms with Gasteiger partial charge >= 0.3 is 0 Å². The molecule has 0 heterocycles. The fraction of sp³-hybridized carbons (Fsp3) is 0.250. The lowest BCUT2D eigenvalue weighted by atomic mass is 10.1. The molecule has 0 radical (unpaired) electrons. The normalized spacial score (nSPS) is 12.2. The first-order valence-electron chi connectivity index (χ1n) is 6.50. The van der Waals surface area contributed by atoms with E-state index in [0.29, 0.717) is 32.9 Å². The molecule has 2 aromatic rings. The molecule has 0 fully saturated rings. The van der Waals surface area contributed by atoms with Gasteiger partial charge in [0.15, 0.2) is 0 Å². The van der Waals surface area contributed by atoms with Gasteiger partial charge in [-0.3, -0.25) is 0 Å². The van der Waals surface area contributed by atoms with E-state index in [9.17, 15) is 14.4 Å². The molecule has 0 aliphatic heterocycles. The Morgan fingerprint density at radius 1 is 0.810 bits per heavy atom. The molecule has 0 aliphatic carbocycles. The second-order valence-corrected chi connectivity index (χ2v) is 6.24. The number of hydrogen-bond acceptors (Lipinski definition) is 4. The van der Waals surface area contributed by atoms with Crippen LogP contribution in [0.25, 0.3) is 0 Å². The molecular weight excluding hydrogens is 288 g/mol. The van der Waals surface area contributed by atoms with E-state index in [4.69, 9.17) is 4.18 Å². The van der Waals surface area contributed by atoms with Crippen LogP contribution in [0.15, 0.2) is 29.2 Å². The summed E-state index contributed by atoms with van der Waals surface area (Å²) in [5, 5.41) is 19.5. The second kappa shape index (κ2) is 5.77. The molecule has 112 valence electrons. The highest BCUT2D eigenvalue weighted by atomic mass is 32.2. The van der Waals surface area contributed by atoms with E-state index in [1.165, 1.54) is 0 Å². The molecule has 5 heteroatoms. The van der Waals surface area contributed by atoms with Crippen molar-refractivity contribution < 1.29 is 18.6 Å². The predicted octanol–water partition coefficient (Wildman–Crippen LogP) is 3.43. The van der Waals surface area contributed by atoms with Gasteiger partial charge in [0.1, 0.15) is 17.2 Å². The van der Waals surface area contributed by atoms with Crippen LogP contribution in [-0.4, -0.2) is 14.4 Å². The smallest absolute Gasteiger partial charge is 0.240 e. The summed E-state index contributed by atoms with van der Waals surface area (Å²) < 4.78 is 17.7. The minimum atomic E-state index is -1.68. The molecule has 0 amide bonds. The summed E-state index contributed by atoms with van der Waals surface area (Å²) in [5.74, 6) is 0.848. The average molecular weight is 306 g/mol. The predicted molar refractivity (Wildman–Crippen MR) is 82.2 cm³/mol. The number of phenolic OH excluding ortho intramolecular Hbond substituents is 2. The standard InChI is InChI=1S/C16H18O4S/c1-9-5-13(6-10(2)15(9)17)20-21(19)14-7-11(3)16(18)12(4)8-14/h5-8,17-18H,1-4H3. The zero-order chi connectivity index (χ0) is 15.7. The van der Waals surface area contributed by atoms with Crippen molar-refractivity contribution in [1.82, 2.24) is 0 Å². The van der Waals surface area contributed by atoms with E-state index in [0.717, 1.165) is 0 Å². The van der Waals surface area contributed by atoms with Crippen molar-refractivity contribution in [3.63, 3.8) is 0 Å². The first-order valence-corrected chi connectivity index (χ1v) is 7.57. The maximum atomic E-state index is 12.3. The third-order valence-electron chi connectivity index (χ3n) is 3.29. The van der Waals surface area contributed by atoms with E-state index < -0.39 is 11.1 Å². The van der Waals surface area contributed by atoms with E-state index in [1.54, 1.807) is 52.0 Å². The Morgan fingerprint density at radius 2 is 1.19 bits per heavy atom. The summed E-state index contributed by atoms with van der Waals surface area (Å²) in [6, 6.07) is 6.55. The van der Waals surface area contributed by atoms with Crippen LogP contribution in [0.1, 0.15) is 22.3 Å². The molecule has 1 atom stereocenters. The van der Waals surface area contributed by atoms with Crippen molar-refractivity contribution in [3.8, 4) is 17.2 Å². The summed E-state index contributed by atoms with van der Waals surface area (Å²) in [6.07, 6.45) is 0. The Morgan fingerprint density at radius 3 is 1.62 bits per heavy atom. The van der Waals surface area contributed by atoms with Gasteiger partial charge in [-0.05, 0) is 74.2 Å². The first kappa shape index (κ1) is 15.4. The lowest BCUT2D eigenvalue weighted by molar-refractivity contribution is 0.464. The van der Waals surface area contributed by atoms with Crippen LogP contribution >= 0.6 is 0 Å². The van der Waals surface area contributed by atoms with Crippen molar-refractivity contribution in [2.24, 2.45) is 0 Å². The molecule has 21 heavy (non-hydrogen) atoms. The molecule has 0 saturated heterocycles. The highest BCUT2D eigenvalue weighted by Gasteiger charge is 2.12. The molecule has 1 unspecified atom stereocenters. The Kier molecular flexibility index (Phi) is 4.23. The topological polar surface area (TPSA) is 66.8 Å². The van der Waals surface area contributed by atoms with Crippen LogP contribution in [0.3, 0.4) is 0 Å². The fourth-order valence-corrected chi connectivity index (χ4v) is 3.03. The van der Waals surface area contributed by atoms with Gasteiger partial charge in [-0.2, -0.15) is 0 Å². The van der Waals surface area contributed by atoms with E-state index in [-0.39, 0.29) is 11.5 Å². The highest BCUT2D eigenvalue weighted by Crippen LogP contribution is 2.29. The number of phenols is 2. The van der Waals surface area contributed by atoms with Crippen LogP contribution in [0.5, 0.6) is 17.2 Å². The van der Waals surface area contributed by atoms with E-state index >= 15 is 0 Å². The van der Waals surface area contributed by atoms with Crippen LogP contribution in [0, 0.1) is 27.7 Å². The van der Waals surface area contributed by atoms with Gasteiger partial charge in [0.05, 0.1) is 4.90 Å². The zero-order valence-corrected chi connectivity index (χ0v) is 13.2. The maximum Gasteiger partial charge on any atom is 0.240 e. The molecule has 2 rings (SSSR count). The Hall–Kier alpha value is -2.01. The number of hydrogen-bond donors (Lipinski definition) is 2. The van der Waals surface area contributed by atoms with Crippen LogP contribution in [0.4, 0.5) is 0 Å². The molecule has 0 aromatic heterocycles. The molecule has 4 nitrogen and oxygen atoms in total. The first-order chi connectivity index (χ1) is 9.79. The minimum Gasteiger partial charge on any atom is -0.507 e. The van der Waals surface area contributed by atoms with Gasteiger partial charge in [-0.25, -0.2) is 4.21 Å². The van der Waals surface area contributed by atoms with E-state index in [2.05, 4.69) is 0 Å². The lowest BCUT2D eigenvalue weighted by Gasteiger charge is -2.10. The molecule has 0 bridgehead atoms. The molecule has 0 aliphatic rings. The van der Waals surface area contributed by atoms with Gasteiger partial charge in [-0.1, -0.05) is 0 Å². The number of rotatable bonds is 3. The van der Waals surface area contributed by atoms with Crippen molar-refractivity contribution in [2.75, 3.05) is 0 Å². The quantitative estimate of drug-likeness (QED) is 0.911. The Balaban J connectivity index is 2.30. The summed E-state index contributed by atoms with van der Waals surface area (Å²) in [5.41, 5.74) is 2.64.